The van der Waals surface area contributed by atoms with Crippen molar-refractivity contribution in [3.63, 3.8) is 0 Å². The molecule has 0 aromatic heterocycles. The Kier molecular flexibility index (Phi) is 6.26. The van der Waals surface area contributed by atoms with Gasteiger partial charge in [0.2, 0.25) is 10.0 Å². The summed E-state index contributed by atoms with van der Waals surface area (Å²) < 4.78 is 27.0. The lowest BCUT2D eigenvalue weighted by atomic mass is 10.1. The molecular weight excluding hydrogens is 284 g/mol. The summed E-state index contributed by atoms with van der Waals surface area (Å²) in [5.74, 6) is 0. The van der Waals surface area contributed by atoms with Crippen LogP contribution in [0.4, 0.5) is 0 Å². The third-order valence-corrected chi connectivity index (χ3v) is 4.69. The lowest BCUT2D eigenvalue weighted by molar-refractivity contribution is 0.560. The quantitative estimate of drug-likeness (QED) is 0.870. The number of nitrogens with one attached hydrogen (secondary N) is 2. The molecule has 0 spiro atoms. The number of sulfonamides is 1. The minimum absolute atomic E-state index is 0. The molecule has 6 heteroatoms. The Morgan fingerprint density at radius 1 is 1.32 bits per heavy atom. The van der Waals surface area contributed by atoms with Crippen LogP contribution >= 0.6 is 12.4 Å². The molecule has 0 saturated carbocycles. The van der Waals surface area contributed by atoms with E-state index in [1.54, 1.807) is 12.1 Å². The smallest absolute Gasteiger partial charge is 0.240 e. The molecular formula is C13H21ClN2O2S. The standard InChI is InChI=1S/C13H20N2O2S.ClH/c1-2-3-11-4-6-13(7-5-11)18(16,17)15-12-8-9-14-10-12;/h4-7,12,14-15H,2-3,8-10H2,1H3;1H. The fourth-order valence-corrected chi connectivity index (χ4v) is 3.44. The minimum Gasteiger partial charge on any atom is -0.315 e. The van der Waals surface area contributed by atoms with E-state index in [2.05, 4.69) is 17.0 Å². The van der Waals surface area contributed by atoms with Crippen LogP contribution in [0.3, 0.4) is 0 Å². The number of hydrogen-bond donors (Lipinski definition) is 2. The Balaban J connectivity index is 0.00000180. The molecule has 1 fully saturated rings. The van der Waals surface area contributed by atoms with E-state index in [9.17, 15) is 8.42 Å². The van der Waals surface area contributed by atoms with Crippen molar-refractivity contribution in [3.05, 3.63) is 29.8 Å². The average molecular weight is 305 g/mol. The first-order chi connectivity index (χ1) is 8.62. The molecule has 0 bridgehead atoms. The molecule has 1 aromatic rings. The SMILES string of the molecule is CCCc1ccc(S(=O)(=O)NC2CCNC2)cc1.Cl. The summed E-state index contributed by atoms with van der Waals surface area (Å²) in [7, 11) is -3.37. The zero-order valence-corrected chi connectivity index (χ0v) is 12.7. The highest BCUT2D eigenvalue weighted by atomic mass is 35.5. The van der Waals surface area contributed by atoms with Gasteiger partial charge in [0.05, 0.1) is 4.90 Å². The van der Waals surface area contributed by atoms with Crippen LogP contribution in [0.25, 0.3) is 0 Å². The van der Waals surface area contributed by atoms with E-state index in [0.717, 1.165) is 25.8 Å². The Labute approximate surface area is 121 Å². The Morgan fingerprint density at radius 2 is 2.00 bits per heavy atom. The predicted octanol–water partition coefficient (Wildman–Crippen LogP) is 1.70. The van der Waals surface area contributed by atoms with Gasteiger partial charge in [0, 0.05) is 12.6 Å². The number of halogens is 1. The third kappa shape index (κ3) is 4.45. The Bertz CT molecular complexity index is 482. The van der Waals surface area contributed by atoms with Gasteiger partial charge in [0.25, 0.3) is 0 Å². The molecule has 1 aromatic carbocycles. The molecule has 108 valence electrons. The number of rotatable bonds is 5. The molecule has 1 unspecified atom stereocenters. The largest absolute Gasteiger partial charge is 0.315 e. The van der Waals surface area contributed by atoms with Gasteiger partial charge in [0.15, 0.2) is 0 Å². The topological polar surface area (TPSA) is 58.2 Å². The molecule has 0 radical (unpaired) electrons. The summed E-state index contributed by atoms with van der Waals surface area (Å²) in [5, 5.41) is 3.15. The molecule has 2 rings (SSSR count). The number of aryl methyl sites for hydroxylation is 1. The van der Waals surface area contributed by atoms with Gasteiger partial charge in [-0.05, 0) is 37.1 Å². The van der Waals surface area contributed by atoms with Gasteiger partial charge >= 0.3 is 0 Å². The van der Waals surface area contributed by atoms with Crippen LogP contribution in [0.15, 0.2) is 29.2 Å². The van der Waals surface area contributed by atoms with Crippen molar-refractivity contribution < 1.29 is 8.42 Å². The van der Waals surface area contributed by atoms with Gasteiger partial charge in [-0.1, -0.05) is 25.5 Å². The van der Waals surface area contributed by atoms with Gasteiger partial charge in [-0.3, -0.25) is 0 Å². The maximum atomic E-state index is 12.1. The predicted molar refractivity (Wildman–Crippen MR) is 79.3 cm³/mol. The number of hydrogen-bond acceptors (Lipinski definition) is 3. The molecule has 1 heterocycles. The van der Waals surface area contributed by atoms with Crippen LogP contribution in [-0.2, 0) is 16.4 Å². The first-order valence-corrected chi connectivity index (χ1v) is 7.92. The number of benzene rings is 1. The van der Waals surface area contributed by atoms with Gasteiger partial charge < -0.3 is 5.32 Å². The minimum atomic E-state index is -3.37. The molecule has 1 aliphatic heterocycles. The van der Waals surface area contributed by atoms with E-state index in [-0.39, 0.29) is 18.4 Å². The van der Waals surface area contributed by atoms with Crippen molar-refractivity contribution in [1.29, 1.82) is 0 Å². The molecule has 19 heavy (non-hydrogen) atoms. The van der Waals surface area contributed by atoms with Crippen molar-refractivity contribution in [2.45, 2.75) is 37.1 Å². The van der Waals surface area contributed by atoms with Gasteiger partial charge in [0.1, 0.15) is 0 Å². The Morgan fingerprint density at radius 3 is 2.53 bits per heavy atom. The summed E-state index contributed by atoms with van der Waals surface area (Å²) in [6.45, 7) is 3.70. The average Bonchev–Trinajstić information content (AvgIpc) is 2.82. The van der Waals surface area contributed by atoms with Crippen LogP contribution in [0.1, 0.15) is 25.3 Å². The zero-order valence-electron chi connectivity index (χ0n) is 11.1. The molecule has 1 saturated heterocycles. The normalized spacial score (nSPS) is 19.1. The van der Waals surface area contributed by atoms with Gasteiger partial charge in [-0.25, -0.2) is 13.1 Å². The van der Waals surface area contributed by atoms with E-state index in [4.69, 9.17) is 0 Å². The Hall–Kier alpha value is -0.620. The monoisotopic (exact) mass is 304 g/mol. The van der Waals surface area contributed by atoms with E-state index < -0.39 is 10.0 Å². The highest BCUT2D eigenvalue weighted by Gasteiger charge is 2.22. The maximum Gasteiger partial charge on any atom is 0.240 e. The van der Waals surface area contributed by atoms with Crippen LogP contribution in [0.2, 0.25) is 0 Å². The second-order valence-corrected chi connectivity index (χ2v) is 6.42. The second kappa shape index (κ2) is 7.24. The lowest BCUT2D eigenvalue weighted by Crippen LogP contribution is -2.36. The third-order valence-electron chi connectivity index (χ3n) is 3.15. The van der Waals surface area contributed by atoms with Gasteiger partial charge in [-0.15, -0.1) is 12.4 Å². The summed E-state index contributed by atoms with van der Waals surface area (Å²) >= 11 is 0. The molecule has 2 N–H and O–H groups in total. The summed E-state index contributed by atoms with van der Waals surface area (Å²) in [5.41, 5.74) is 1.18. The maximum absolute atomic E-state index is 12.1. The summed E-state index contributed by atoms with van der Waals surface area (Å²) in [6, 6.07) is 7.19. The van der Waals surface area contributed by atoms with Crippen LogP contribution < -0.4 is 10.0 Å². The van der Waals surface area contributed by atoms with Crippen molar-refractivity contribution in [3.8, 4) is 0 Å². The highest BCUT2D eigenvalue weighted by Crippen LogP contribution is 2.13. The summed E-state index contributed by atoms with van der Waals surface area (Å²) in [6.07, 6.45) is 2.91. The fraction of sp³-hybridized carbons (Fsp3) is 0.538. The molecule has 1 aliphatic rings. The molecule has 0 amide bonds. The lowest BCUT2D eigenvalue weighted by Gasteiger charge is -2.12. The molecule has 1 atom stereocenters. The zero-order chi connectivity index (χ0) is 13.0. The first kappa shape index (κ1) is 16.4. The van der Waals surface area contributed by atoms with E-state index in [1.165, 1.54) is 5.56 Å². The second-order valence-electron chi connectivity index (χ2n) is 4.70. The van der Waals surface area contributed by atoms with Crippen LogP contribution in [0.5, 0.6) is 0 Å². The van der Waals surface area contributed by atoms with Gasteiger partial charge in [-0.2, -0.15) is 0 Å². The van der Waals surface area contributed by atoms with Crippen LogP contribution in [0, 0.1) is 0 Å². The van der Waals surface area contributed by atoms with Crippen molar-refractivity contribution in [2.24, 2.45) is 0 Å². The summed E-state index contributed by atoms with van der Waals surface area (Å²) in [4.78, 5) is 0.356. The van der Waals surface area contributed by atoms with E-state index in [1.807, 2.05) is 12.1 Å². The van der Waals surface area contributed by atoms with Crippen molar-refractivity contribution in [2.75, 3.05) is 13.1 Å². The van der Waals surface area contributed by atoms with E-state index in [0.29, 0.717) is 11.4 Å². The fourth-order valence-electron chi connectivity index (χ4n) is 2.17. The van der Waals surface area contributed by atoms with Crippen molar-refractivity contribution >= 4 is 22.4 Å². The van der Waals surface area contributed by atoms with Crippen molar-refractivity contribution in [1.82, 2.24) is 10.0 Å². The van der Waals surface area contributed by atoms with Crippen LogP contribution in [-0.4, -0.2) is 27.5 Å². The first-order valence-electron chi connectivity index (χ1n) is 6.44. The van der Waals surface area contributed by atoms with E-state index >= 15 is 0 Å². The molecule has 0 aliphatic carbocycles. The highest BCUT2D eigenvalue weighted by molar-refractivity contribution is 7.89. The molecule has 4 nitrogen and oxygen atoms in total.